The fraction of sp³-hybridized carbons (Fsp3) is 0.923. The first-order chi connectivity index (χ1) is 8.00. The molecule has 0 bridgehead atoms. The molecule has 1 fully saturated rings. The van der Waals surface area contributed by atoms with Gasteiger partial charge >= 0.3 is 0 Å². The average molecular weight is 242 g/mol. The Morgan fingerprint density at radius 2 is 2.18 bits per heavy atom. The first kappa shape index (κ1) is 14.5. The summed E-state index contributed by atoms with van der Waals surface area (Å²) in [7, 11) is 0. The monoisotopic (exact) mass is 242 g/mol. The number of carbonyl (C=O) groups is 1. The van der Waals surface area contributed by atoms with Gasteiger partial charge in [-0.2, -0.15) is 0 Å². The third kappa shape index (κ3) is 5.04. The lowest BCUT2D eigenvalue weighted by atomic mass is 9.78. The Morgan fingerprint density at radius 3 is 2.76 bits per heavy atom. The Hall–Kier alpha value is -0.610. The fourth-order valence-corrected chi connectivity index (χ4v) is 2.43. The Bertz CT molecular complexity index is 244. The van der Waals surface area contributed by atoms with Crippen LogP contribution in [-0.2, 0) is 9.53 Å². The van der Waals surface area contributed by atoms with Crippen LogP contribution in [0.4, 0.5) is 0 Å². The minimum absolute atomic E-state index is 0.133. The highest BCUT2D eigenvalue weighted by Crippen LogP contribution is 2.28. The molecule has 0 saturated heterocycles. The third-order valence-electron chi connectivity index (χ3n) is 3.40. The topological polar surface area (TPSA) is 64.3 Å². The maximum atomic E-state index is 12.0. The molecule has 0 aromatic heterocycles. The van der Waals surface area contributed by atoms with E-state index in [-0.39, 0.29) is 24.0 Å². The van der Waals surface area contributed by atoms with Crippen LogP contribution in [0.2, 0.25) is 0 Å². The molecule has 0 heterocycles. The van der Waals surface area contributed by atoms with Crippen molar-refractivity contribution in [1.82, 2.24) is 5.32 Å². The summed E-state index contributed by atoms with van der Waals surface area (Å²) < 4.78 is 5.39. The molecule has 100 valence electrons. The summed E-state index contributed by atoms with van der Waals surface area (Å²) in [5.41, 5.74) is 5.89. The van der Waals surface area contributed by atoms with Gasteiger partial charge in [0.15, 0.2) is 0 Å². The second kappa shape index (κ2) is 6.97. The molecule has 0 spiro atoms. The minimum Gasteiger partial charge on any atom is -0.377 e. The van der Waals surface area contributed by atoms with E-state index >= 15 is 0 Å². The van der Waals surface area contributed by atoms with E-state index in [1.54, 1.807) is 0 Å². The Labute approximate surface area is 104 Å². The third-order valence-corrected chi connectivity index (χ3v) is 3.40. The lowest BCUT2D eigenvalue weighted by Gasteiger charge is -2.31. The summed E-state index contributed by atoms with van der Waals surface area (Å²) in [6.07, 6.45) is 3.06. The normalized spacial score (nSPS) is 29.4. The van der Waals surface area contributed by atoms with Crippen molar-refractivity contribution in [2.45, 2.75) is 52.2 Å². The highest BCUT2D eigenvalue weighted by molar-refractivity contribution is 5.79. The summed E-state index contributed by atoms with van der Waals surface area (Å²) in [6.45, 7) is 7.29. The van der Waals surface area contributed by atoms with Crippen LogP contribution in [0.15, 0.2) is 0 Å². The molecule has 17 heavy (non-hydrogen) atoms. The zero-order valence-corrected chi connectivity index (χ0v) is 11.2. The number of rotatable bonds is 5. The highest BCUT2D eigenvalue weighted by atomic mass is 16.5. The molecular formula is C13H26N2O2. The van der Waals surface area contributed by atoms with Crippen molar-refractivity contribution in [2.75, 3.05) is 13.2 Å². The highest BCUT2D eigenvalue weighted by Gasteiger charge is 2.30. The quantitative estimate of drug-likeness (QED) is 0.714. The van der Waals surface area contributed by atoms with Gasteiger partial charge in [0, 0.05) is 18.5 Å². The summed E-state index contributed by atoms with van der Waals surface area (Å²) in [4.78, 5) is 12.0. The fourth-order valence-electron chi connectivity index (χ4n) is 2.43. The first-order valence-corrected chi connectivity index (χ1v) is 6.65. The van der Waals surface area contributed by atoms with Crippen LogP contribution >= 0.6 is 0 Å². The molecule has 4 heteroatoms. The number of hydrogen-bond acceptors (Lipinski definition) is 3. The predicted octanol–water partition coefficient (Wildman–Crippen LogP) is 1.29. The molecular weight excluding hydrogens is 216 g/mol. The number of nitrogens with two attached hydrogens (primary N) is 1. The predicted molar refractivity (Wildman–Crippen MR) is 68.6 cm³/mol. The molecule has 0 aromatic rings. The maximum Gasteiger partial charge on any atom is 0.223 e. The van der Waals surface area contributed by atoms with E-state index in [1.807, 2.05) is 13.8 Å². The molecule has 1 aliphatic rings. The summed E-state index contributed by atoms with van der Waals surface area (Å²) in [5.74, 6) is 0.690. The van der Waals surface area contributed by atoms with E-state index < -0.39 is 0 Å². The second-order valence-corrected chi connectivity index (χ2v) is 5.37. The number of hydrogen-bond donors (Lipinski definition) is 2. The van der Waals surface area contributed by atoms with Crippen molar-refractivity contribution < 1.29 is 9.53 Å². The van der Waals surface area contributed by atoms with Crippen LogP contribution in [-0.4, -0.2) is 31.2 Å². The largest absolute Gasteiger partial charge is 0.377 e. The van der Waals surface area contributed by atoms with Crippen molar-refractivity contribution in [3.8, 4) is 0 Å². The molecule has 3 unspecified atom stereocenters. The van der Waals surface area contributed by atoms with Gasteiger partial charge < -0.3 is 15.8 Å². The molecule has 3 N–H and O–H groups in total. The van der Waals surface area contributed by atoms with E-state index in [1.165, 1.54) is 0 Å². The summed E-state index contributed by atoms with van der Waals surface area (Å²) in [5, 5.41) is 2.95. The molecule has 1 saturated carbocycles. The van der Waals surface area contributed by atoms with Gasteiger partial charge in [0.1, 0.15) is 0 Å². The van der Waals surface area contributed by atoms with Gasteiger partial charge in [0.2, 0.25) is 5.91 Å². The second-order valence-electron chi connectivity index (χ2n) is 5.37. The Morgan fingerprint density at radius 1 is 1.47 bits per heavy atom. The number of nitrogens with one attached hydrogen (secondary N) is 1. The smallest absolute Gasteiger partial charge is 0.223 e. The zero-order valence-electron chi connectivity index (χ0n) is 11.2. The summed E-state index contributed by atoms with van der Waals surface area (Å²) in [6, 6.07) is 0.276. The zero-order chi connectivity index (χ0) is 12.8. The van der Waals surface area contributed by atoms with Gasteiger partial charge in [0.25, 0.3) is 0 Å². The SMILES string of the molecule is CC(C)OCCNC(=O)C1CCC(N)CC1C. The van der Waals surface area contributed by atoms with E-state index in [2.05, 4.69) is 12.2 Å². The van der Waals surface area contributed by atoms with E-state index in [0.29, 0.717) is 19.1 Å². The van der Waals surface area contributed by atoms with Crippen LogP contribution in [0, 0.1) is 11.8 Å². The van der Waals surface area contributed by atoms with Gasteiger partial charge in [-0.3, -0.25) is 4.79 Å². The van der Waals surface area contributed by atoms with Gasteiger partial charge in [-0.05, 0) is 39.0 Å². The molecule has 0 aliphatic heterocycles. The van der Waals surface area contributed by atoms with Crippen molar-refractivity contribution in [2.24, 2.45) is 17.6 Å². The van der Waals surface area contributed by atoms with Gasteiger partial charge in [-0.25, -0.2) is 0 Å². The van der Waals surface area contributed by atoms with Crippen molar-refractivity contribution in [1.29, 1.82) is 0 Å². The lowest BCUT2D eigenvalue weighted by molar-refractivity contribution is -0.127. The van der Waals surface area contributed by atoms with Crippen LogP contribution in [0.5, 0.6) is 0 Å². The van der Waals surface area contributed by atoms with Crippen molar-refractivity contribution >= 4 is 5.91 Å². The molecule has 3 atom stereocenters. The molecule has 4 nitrogen and oxygen atoms in total. The van der Waals surface area contributed by atoms with E-state index in [4.69, 9.17) is 10.5 Å². The van der Waals surface area contributed by atoms with Gasteiger partial charge in [-0.15, -0.1) is 0 Å². The van der Waals surface area contributed by atoms with Gasteiger partial charge in [0.05, 0.1) is 12.7 Å². The first-order valence-electron chi connectivity index (χ1n) is 6.65. The van der Waals surface area contributed by atoms with Crippen molar-refractivity contribution in [3.63, 3.8) is 0 Å². The van der Waals surface area contributed by atoms with Crippen LogP contribution in [0.1, 0.15) is 40.0 Å². The van der Waals surface area contributed by atoms with Crippen molar-refractivity contribution in [3.05, 3.63) is 0 Å². The molecule has 1 amide bonds. The van der Waals surface area contributed by atoms with Gasteiger partial charge in [-0.1, -0.05) is 6.92 Å². The maximum absolute atomic E-state index is 12.0. The molecule has 1 rings (SSSR count). The number of amides is 1. The molecule has 1 aliphatic carbocycles. The van der Waals surface area contributed by atoms with Crippen LogP contribution < -0.4 is 11.1 Å². The number of carbonyl (C=O) groups excluding carboxylic acids is 1. The lowest BCUT2D eigenvalue weighted by Crippen LogP contribution is -2.41. The number of ether oxygens (including phenoxy) is 1. The van der Waals surface area contributed by atoms with E-state index in [9.17, 15) is 4.79 Å². The Balaban J connectivity index is 2.23. The van der Waals surface area contributed by atoms with Crippen LogP contribution in [0.3, 0.4) is 0 Å². The average Bonchev–Trinajstić information content (AvgIpc) is 2.23. The molecule has 0 aromatic carbocycles. The van der Waals surface area contributed by atoms with Crippen LogP contribution in [0.25, 0.3) is 0 Å². The molecule has 0 radical (unpaired) electrons. The van der Waals surface area contributed by atoms with E-state index in [0.717, 1.165) is 19.3 Å². The minimum atomic E-state index is 0.133. The Kier molecular flexibility index (Phi) is 5.92. The standard InChI is InChI=1S/C13H26N2O2/c1-9(2)17-7-6-15-13(16)12-5-4-11(14)8-10(12)3/h9-12H,4-8,14H2,1-3H3,(H,15,16). The summed E-state index contributed by atoms with van der Waals surface area (Å²) >= 11 is 0.